The Morgan fingerprint density at radius 1 is 0.750 bits per heavy atom. The predicted molar refractivity (Wildman–Crippen MR) is 70.9 cm³/mol. The molecule has 0 bridgehead atoms. The lowest BCUT2D eigenvalue weighted by molar-refractivity contribution is -0.316. The summed E-state index contributed by atoms with van der Waals surface area (Å²) in [5.74, 6) is 0. The van der Waals surface area contributed by atoms with E-state index in [4.69, 9.17) is 29.0 Å². The summed E-state index contributed by atoms with van der Waals surface area (Å²) in [6.07, 6.45) is -0.805. The van der Waals surface area contributed by atoms with Crippen LogP contribution in [-0.2, 0) is 29.0 Å². The lowest BCUT2D eigenvalue weighted by atomic mass is 10.1. The first kappa shape index (κ1) is 19.1. The van der Waals surface area contributed by atoms with Crippen LogP contribution in [0.2, 0.25) is 0 Å². The standard InChI is InChI=1S/C13H26O7/c1-7-15-17-9-12(3,4)19-11(14)20-13(5,6)10-18-16-8-2/h7-10H2,1-6H3. The van der Waals surface area contributed by atoms with E-state index in [1.54, 1.807) is 41.5 Å². The molecular formula is C13H26O7. The molecule has 0 radical (unpaired) electrons. The van der Waals surface area contributed by atoms with Gasteiger partial charge in [-0.2, -0.15) is 0 Å². The van der Waals surface area contributed by atoms with Gasteiger partial charge < -0.3 is 9.47 Å². The van der Waals surface area contributed by atoms with Gasteiger partial charge >= 0.3 is 6.16 Å². The van der Waals surface area contributed by atoms with Crippen molar-refractivity contribution in [2.75, 3.05) is 26.4 Å². The molecule has 0 aliphatic heterocycles. The van der Waals surface area contributed by atoms with Gasteiger partial charge in [0.1, 0.15) is 24.4 Å². The molecule has 0 heterocycles. The van der Waals surface area contributed by atoms with Gasteiger partial charge in [-0.1, -0.05) is 0 Å². The van der Waals surface area contributed by atoms with E-state index in [1.807, 2.05) is 0 Å². The average molecular weight is 294 g/mol. The van der Waals surface area contributed by atoms with Crippen molar-refractivity contribution in [3.8, 4) is 0 Å². The molecule has 0 aromatic carbocycles. The second-order valence-electron chi connectivity index (χ2n) is 5.31. The number of carbonyl (C=O) groups is 1. The Morgan fingerprint density at radius 2 is 1.10 bits per heavy atom. The van der Waals surface area contributed by atoms with E-state index in [-0.39, 0.29) is 13.2 Å². The molecule has 0 aromatic heterocycles. The number of carbonyl (C=O) groups excluding carboxylic acids is 1. The van der Waals surface area contributed by atoms with E-state index in [1.165, 1.54) is 0 Å². The fourth-order valence-corrected chi connectivity index (χ4v) is 1.06. The topological polar surface area (TPSA) is 72.5 Å². The number of ether oxygens (including phenoxy) is 2. The van der Waals surface area contributed by atoms with Gasteiger partial charge in [0.2, 0.25) is 0 Å². The van der Waals surface area contributed by atoms with Gasteiger partial charge in [0.25, 0.3) is 0 Å². The summed E-state index contributed by atoms with van der Waals surface area (Å²) in [6, 6.07) is 0. The minimum atomic E-state index is -0.858. The Morgan fingerprint density at radius 3 is 1.40 bits per heavy atom. The molecule has 7 heteroatoms. The molecule has 0 saturated carbocycles. The third-order valence-corrected chi connectivity index (χ3v) is 1.93. The van der Waals surface area contributed by atoms with Crippen molar-refractivity contribution in [2.45, 2.75) is 52.7 Å². The zero-order valence-electron chi connectivity index (χ0n) is 13.2. The van der Waals surface area contributed by atoms with Crippen molar-refractivity contribution in [2.24, 2.45) is 0 Å². The van der Waals surface area contributed by atoms with Gasteiger partial charge in [-0.25, -0.2) is 24.3 Å². The highest BCUT2D eigenvalue weighted by Crippen LogP contribution is 2.16. The second-order valence-corrected chi connectivity index (χ2v) is 5.31. The summed E-state index contributed by atoms with van der Waals surface area (Å²) in [6.45, 7) is 11.4. The molecular weight excluding hydrogens is 268 g/mol. The summed E-state index contributed by atoms with van der Waals surface area (Å²) >= 11 is 0. The van der Waals surface area contributed by atoms with E-state index in [2.05, 4.69) is 0 Å². The highest BCUT2D eigenvalue weighted by atomic mass is 17.2. The van der Waals surface area contributed by atoms with E-state index in [9.17, 15) is 4.79 Å². The number of rotatable bonds is 10. The smallest absolute Gasteiger partial charge is 0.426 e. The first-order valence-corrected chi connectivity index (χ1v) is 6.63. The van der Waals surface area contributed by atoms with Crippen LogP contribution in [0.15, 0.2) is 0 Å². The monoisotopic (exact) mass is 294 g/mol. The van der Waals surface area contributed by atoms with Crippen LogP contribution in [0.4, 0.5) is 4.79 Å². The highest BCUT2D eigenvalue weighted by molar-refractivity contribution is 5.61. The third-order valence-electron chi connectivity index (χ3n) is 1.93. The summed E-state index contributed by atoms with van der Waals surface area (Å²) in [5, 5.41) is 0. The molecule has 0 aliphatic rings. The largest absolute Gasteiger partial charge is 0.509 e. The molecule has 0 unspecified atom stereocenters. The van der Waals surface area contributed by atoms with Crippen LogP contribution in [-0.4, -0.2) is 43.8 Å². The second kappa shape index (κ2) is 9.12. The van der Waals surface area contributed by atoms with Crippen molar-refractivity contribution < 1.29 is 33.8 Å². The van der Waals surface area contributed by atoms with Crippen LogP contribution in [0, 0.1) is 0 Å². The third kappa shape index (κ3) is 9.96. The molecule has 0 fully saturated rings. The van der Waals surface area contributed by atoms with Crippen molar-refractivity contribution in [3.05, 3.63) is 0 Å². The van der Waals surface area contributed by atoms with Crippen molar-refractivity contribution >= 4 is 6.16 Å². The minimum Gasteiger partial charge on any atom is -0.426 e. The van der Waals surface area contributed by atoms with Crippen LogP contribution in [0.3, 0.4) is 0 Å². The van der Waals surface area contributed by atoms with E-state index in [0.717, 1.165) is 0 Å². The van der Waals surface area contributed by atoms with Gasteiger partial charge in [-0.05, 0) is 41.5 Å². The molecule has 0 N–H and O–H groups in total. The SMILES string of the molecule is CCOOCC(C)(C)OC(=O)OC(C)(C)COOCC. The van der Waals surface area contributed by atoms with Crippen molar-refractivity contribution in [1.29, 1.82) is 0 Å². The van der Waals surface area contributed by atoms with E-state index >= 15 is 0 Å². The Labute approximate surface area is 120 Å². The van der Waals surface area contributed by atoms with Crippen LogP contribution < -0.4 is 0 Å². The van der Waals surface area contributed by atoms with Crippen LogP contribution in [0.25, 0.3) is 0 Å². The first-order chi connectivity index (χ1) is 9.22. The first-order valence-electron chi connectivity index (χ1n) is 6.63. The molecule has 120 valence electrons. The molecule has 0 atom stereocenters. The highest BCUT2D eigenvalue weighted by Gasteiger charge is 2.30. The molecule has 0 aliphatic carbocycles. The molecule has 0 aromatic rings. The van der Waals surface area contributed by atoms with Gasteiger partial charge in [-0.3, -0.25) is 0 Å². The van der Waals surface area contributed by atoms with Gasteiger partial charge in [0.15, 0.2) is 0 Å². The lowest BCUT2D eigenvalue weighted by Crippen LogP contribution is -2.39. The van der Waals surface area contributed by atoms with Crippen LogP contribution >= 0.6 is 0 Å². The Kier molecular flexibility index (Phi) is 8.71. The zero-order valence-corrected chi connectivity index (χ0v) is 13.2. The maximum Gasteiger partial charge on any atom is 0.509 e. The fourth-order valence-electron chi connectivity index (χ4n) is 1.06. The summed E-state index contributed by atoms with van der Waals surface area (Å²) < 4.78 is 10.3. The maximum absolute atomic E-state index is 11.7. The fraction of sp³-hybridized carbons (Fsp3) is 0.923. The Hall–Kier alpha value is -0.890. The molecule has 20 heavy (non-hydrogen) atoms. The molecule has 0 amide bonds. The quantitative estimate of drug-likeness (QED) is 0.265. The zero-order chi connectivity index (χ0) is 15.6. The summed E-state index contributed by atoms with van der Waals surface area (Å²) in [7, 11) is 0. The van der Waals surface area contributed by atoms with Crippen LogP contribution in [0.1, 0.15) is 41.5 Å². The Bertz CT molecular complexity index is 250. The summed E-state index contributed by atoms with van der Waals surface area (Å²) in [4.78, 5) is 31.0. The molecule has 0 spiro atoms. The van der Waals surface area contributed by atoms with Crippen molar-refractivity contribution in [3.63, 3.8) is 0 Å². The van der Waals surface area contributed by atoms with Crippen LogP contribution in [0.5, 0.6) is 0 Å². The molecule has 0 rings (SSSR count). The average Bonchev–Trinajstić information content (AvgIpc) is 2.27. The normalized spacial score (nSPS) is 12.3. The van der Waals surface area contributed by atoms with Crippen molar-refractivity contribution in [1.82, 2.24) is 0 Å². The lowest BCUT2D eigenvalue weighted by Gasteiger charge is -2.28. The number of hydrogen-bond donors (Lipinski definition) is 0. The summed E-state index contributed by atoms with van der Waals surface area (Å²) in [5.41, 5.74) is -1.72. The van der Waals surface area contributed by atoms with E-state index in [0.29, 0.717) is 13.2 Å². The molecule has 0 saturated heterocycles. The maximum atomic E-state index is 11.7. The predicted octanol–water partition coefficient (Wildman–Crippen LogP) is 2.63. The Balaban J connectivity index is 4.12. The van der Waals surface area contributed by atoms with Gasteiger partial charge in [0.05, 0.1) is 13.2 Å². The van der Waals surface area contributed by atoms with Gasteiger partial charge in [-0.15, -0.1) is 0 Å². The van der Waals surface area contributed by atoms with E-state index < -0.39 is 17.4 Å². The van der Waals surface area contributed by atoms with Gasteiger partial charge in [0, 0.05) is 0 Å². The minimum absolute atomic E-state index is 0.103. The number of hydrogen-bond acceptors (Lipinski definition) is 7. The molecule has 7 nitrogen and oxygen atoms in total.